The minimum Gasteiger partial charge on any atom is -0.361 e. The summed E-state index contributed by atoms with van der Waals surface area (Å²) in [4.78, 5) is 2.26. The highest BCUT2D eigenvalue weighted by Crippen LogP contribution is 2.26. The van der Waals surface area contributed by atoms with Gasteiger partial charge in [0.2, 0.25) is 0 Å². The standard InChI is InChI=1S/C15H21N3O/c1-11-4-3-5-13(8-11)15(12(2)17)18-6-7-19-14(9-16)10-18/h3-5,8,12,14-15H,6-7,10,17H2,1-2H3. The van der Waals surface area contributed by atoms with E-state index in [2.05, 4.69) is 42.2 Å². The van der Waals surface area contributed by atoms with E-state index < -0.39 is 0 Å². The molecule has 1 aromatic carbocycles. The Labute approximate surface area is 114 Å². The smallest absolute Gasteiger partial charge is 0.156 e. The maximum atomic E-state index is 9.01. The highest BCUT2D eigenvalue weighted by molar-refractivity contribution is 5.26. The Morgan fingerprint density at radius 3 is 2.95 bits per heavy atom. The highest BCUT2D eigenvalue weighted by Gasteiger charge is 2.29. The average molecular weight is 259 g/mol. The fourth-order valence-corrected chi connectivity index (χ4v) is 2.70. The molecule has 1 aliphatic heterocycles. The molecule has 1 aliphatic rings. The lowest BCUT2D eigenvalue weighted by Crippen LogP contribution is -2.48. The zero-order chi connectivity index (χ0) is 13.8. The van der Waals surface area contributed by atoms with Crippen molar-refractivity contribution < 1.29 is 4.74 Å². The summed E-state index contributed by atoms with van der Waals surface area (Å²) in [6, 6.07) is 10.8. The molecule has 4 nitrogen and oxygen atoms in total. The van der Waals surface area contributed by atoms with Gasteiger partial charge in [0.1, 0.15) is 0 Å². The van der Waals surface area contributed by atoms with Crippen LogP contribution in [0.2, 0.25) is 0 Å². The maximum absolute atomic E-state index is 9.01. The first-order chi connectivity index (χ1) is 9.11. The van der Waals surface area contributed by atoms with Crippen LogP contribution in [0.3, 0.4) is 0 Å². The summed E-state index contributed by atoms with van der Waals surface area (Å²) in [5, 5.41) is 9.01. The monoisotopic (exact) mass is 259 g/mol. The van der Waals surface area contributed by atoms with Crippen molar-refractivity contribution in [2.24, 2.45) is 5.73 Å². The van der Waals surface area contributed by atoms with Gasteiger partial charge in [0.25, 0.3) is 0 Å². The molecule has 19 heavy (non-hydrogen) atoms. The number of rotatable bonds is 3. The molecule has 0 spiro atoms. The Hall–Kier alpha value is -1.41. The van der Waals surface area contributed by atoms with Crippen molar-refractivity contribution in [3.8, 4) is 6.07 Å². The van der Waals surface area contributed by atoms with E-state index in [-0.39, 0.29) is 18.2 Å². The number of nitrogens with two attached hydrogens (primary N) is 1. The van der Waals surface area contributed by atoms with E-state index in [1.165, 1.54) is 11.1 Å². The van der Waals surface area contributed by atoms with Gasteiger partial charge in [-0.3, -0.25) is 4.90 Å². The molecule has 0 aromatic heterocycles. The topological polar surface area (TPSA) is 62.3 Å². The second-order valence-electron chi connectivity index (χ2n) is 5.20. The van der Waals surface area contributed by atoms with Crippen molar-refractivity contribution in [1.82, 2.24) is 4.90 Å². The Morgan fingerprint density at radius 2 is 2.32 bits per heavy atom. The number of benzene rings is 1. The summed E-state index contributed by atoms with van der Waals surface area (Å²) < 4.78 is 5.40. The van der Waals surface area contributed by atoms with Crippen LogP contribution in [0.15, 0.2) is 24.3 Å². The minimum atomic E-state index is -0.347. The summed E-state index contributed by atoms with van der Waals surface area (Å²) in [6.45, 7) is 6.13. The number of morpholine rings is 1. The van der Waals surface area contributed by atoms with E-state index in [1.54, 1.807) is 0 Å². The van der Waals surface area contributed by atoms with Gasteiger partial charge in [-0.15, -0.1) is 0 Å². The van der Waals surface area contributed by atoms with Gasteiger partial charge < -0.3 is 10.5 Å². The number of aryl methyl sites for hydroxylation is 1. The van der Waals surface area contributed by atoms with Gasteiger partial charge in [0.05, 0.1) is 12.7 Å². The average Bonchev–Trinajstić information content (AvgIpc) is 2.39. The molecule has 102 valence electrons. The molecule has 0 bridgehead atoms. The molecule has 0 aliphatic carbocycles. The fraction of sp³-hybridized carbons (Fsp3) is 0.533. The summed E-state index contributed by atoms with van der Waals surface area (Å²) in [6.07, 6.45) is -0.347. The second-order valence-corrected chi connectivity index (χ2v) is 5.20. The van der Waals surface area contributed by atoms with Gasteiger partial charge in [-0.2, -0.15) is 5.26 Å². The van der Waals surface area contributed by atoms with Gasteiger partial charge in [-0.1, -0.05) is 29.8 Å². The van der Waals surface area contributed by atoms with Crippen molar-refractivity contribution in [3.63, 3.8) is 0 Å². The van der Waals surface area contributed by atoms with Gasteiger partial charge in [0.15, 0.2) is 6.10 Å². The molecule has 3 unspecified atom stereocenters. The first kappa shape index (κ1) is 14.0. The van der Waals surface area contributed by atoms with E-state index in [0.717, 1.165) is 6.54 Å². The SMILES string of the molecule is Cc1cccc(C(C(C)N)N2CCOC(C#N)C2)c1. The van der Waals surface area contributed by atoms with Crippen LogP contribution in [-0.2, 0) is 4.74 Å². The minimum absolute atomic E-state index is 0.0132. The third-order valence-electron chi connectivity index (χ3n) is 3.52. The van der Waals surface area contributed by atoms with Crippen LogP contribution in [0.1, 0.15) is 24.1 Å². The van der Waals surface area contributed by atoms with Crippen LogP contribution in [0.4, 0.5) is 0 Å². The number of hydrogen-bond acceptors (Lipinski definition) is 4. The first-order valence-corrected chi connectivity index (χ1v) is 6.69. The molecule has 2 N–H and O–H groups in total. The van der Waals surface area contributed by atoms with E-state index >= 15 is 0 Å². The van der Waals surface area contributed by atoms with Crippen molar-refractivity contribution >= 4 is 0 Å². The number of ether oxygens (including phenoxy) is 1. The molecular weight excluding hydrogens is 238 g/mol. The van der Waals surface area contributed by atoms with Crippen LogP contribution in [0.5, 0.6) is 0 Å². The summed E-state index contributed by atoms with van der Waals surface area (Å²) in [5.74, 6) is 0. The van der Waals surface area contributed by atoms with Gasteiger partial charge in [-0.05, 0) is 19.4 Å². The molecule has 2 rings (SSSR count). The third-order valence-corrected chi connectivity index (χ3v) is 3.52. The van der Waals surface area contributed by atoms with Gasteiger partial charge >= 0.3 is 0 Å². The normalized spacial score (nSPS) is 23.6. The lowest BCUT2D eigenvalue weighted by molar-refractivity contribution is -0.0210. The molecule has 1 saturated heterocycles. The van der Waals surface area contributed by atoms with Crippen LogP contribution in [-0.4, -0.2) is 36.7 Å². The molecule has 0 amide bonds. The molecule has 1 heterocycles. The summed E-state index contributed by atoms with van der Waals surface area (Å²) in [7, 11) is 0. The quantitative estimate of drug-likeness (QED) is 0.895. The lowest BCUT2D eigenvalue weighted by Gasteiger charge is -2.38. The lowest BCUT2D eigenvalue weighted by atomic mass is 9.97. The van der Waals surface area contributed by atoms with Crippen LogP contribution >= 0.6 is 0 Å². The van der Waals surface area contributed by atoms with Crippen molar-refractivity contribution in [1.29, 1.82) is 5.26 Å². The zero-order valence-corrected chi connectivity index (χ0v) is 11.5. The number of nitrogens with zero attached hydrogens (tertiary/aromatic N) is 2. The van der Waals surface area contributed by atoms with Crippen LogP contribution in [0.25, 0.3) is 0 Å². The molecule has 3 atom stereocenters. The highest BCUT2D eigenvalue weighted by atomic mass is 16.5. The largest absolute Gasteiger partial charge is 0.361 e. The zero-order valence-electron chi connectivity index (χ0n) is 11.5. The van der Waals surface area contributed by atoms with Crippen molar-refractivity contribution in [2.75, 3.05) is 19.7 Å². The summed E-state index contributed by atoms with van der Waals surface area (Å²) in [5.41, 5.74) is 8.62. The van der Waals surface area contributed by atoms with E-state index in [0.29, 0.717) is 13.2 Å². The molecule has 1 aromatic rings. The third kappa shape index (κ3) is 3.32. The maximum Gasteiger partial charge on any atom is 0.156 e. The molecule has 0 radical (unpaired) electrons. The fourth-order valence-electron chi connectivity index (χ4n) is 2.70. The molecular formula is C15H21N3O. The summed E-state index contributed by atoms with van der Waals surface area (Å²) >= 11 is 0. The second kappa shape index (κ2) is 6.16. The Bertz CT molecular complexity index is 467. The van der Waals surface area contributed by atoms with Gasteiger partial charge in [-0.25, -0.2) is 0 Å². The Morgan fingerprint density at radius 1 is 1.53 bits per heavy atom. The molecule has 4 heteroatoms. The van der Waals surface area contributed by atoms with Crippen LogP contribution in [0, 0.1) is 18.3 Å². The molecule has 0 saturated carbocycles. The van der Waals surface area contributed by atoms with Gasteiger partial charge in [0, 0.05) is 25.2 Å². The molecule has 1 fully saturated rings. The predicted octanol–water partition coefficient (Wildman–Crippen LogP) is 1.61. The Balaban J connectivity index is 2.23. The van der Waals surface area contributed by atoms with Crippen molar-refractivity contribution in [3.05, 3.63) is 35.4 Å². The Kier molecular flexibility index (Phi) is 4.54. The van der Waals surface area contributed by atoms with Crippen LogP contribution < -0.4 is 5.73 Å². The van der Waals surface area contributed by atoms with E-state index in [1.807, 2.05) is 6.92 Å². The number of nitriles is 1. The van der Waals surface area contributed by atoms with E-state index in [4.69, 9.17) is 15.7 Å². The first-order valence-electron chi connectivity index (χ1n) is 6.69. The van der Waals surface area contributed by atoms with E-state index in [9.17, 15) is 0 Å². The predicted molar refractivity (Wildman–Crippen MR) is 74.5 cm³/mol. The van der Waals surface area contributed by atoms with Crippen molar-refractivity contribution in [2.45, 2.75) is 32.0 Å². The number of hydrogen-bond donors (Lipinski definition) is 1.